The number of rotatable bonds is 9. The van der Waals surface area contributed by atoms with Crippen LogP contribution in [0.4, 0.5) is 0 Å². The van der Waals surface area contributed by atoms with Crippen LogP contribution in [-0.2, 0) is 21.4 Å². The molecule has 4 rings (SSSR count). The van der Waals surface area contributed by atoms with E-state index >= 15 is 0 Å². The van der Waals surface area contributed by atoms with Crippen molar-refractivity contribution in [2.45, 2.75) is 32.2 Å². The number of primary amides is 2. The van der Waals surface area contributed by atoms with Crippen LogP contribution in [0.1, 0.15) is 47.2 Å². The molecule has 0 saturated carbocycles. The van der Waals surface area contributed by atoms with E-state index in [4.69, 9.17) is 11.5 Å². The zero-order valence-corrected chi connectivity index (χ0v) is 21.5. The van der Waals surface area contributed by atoms with E-state index in [1.807, 2.05) is 42.4 Å². The maximum Gasteiger partial charge on any atom is 0.250 e. The maximum atomic E-state index is 12.4. The van der Waals surface area contributed by atoms with Crippen LogP contribution in [0, 0.1) is 0 Å². The standard InChI is InChI=1S/C26H33N5O4S/c1-3-36(34,35)31-9-7-18(8-10-31)23-14-29-25-21(23)12-20(13-22(25)26(28)33)19-6-4-5-17(11-19)15-30(2)16-24(27)32/h4-6,11-14,18,29H,3,7-10,15-16H2,1-2H3,(H2,27,32)(H2,28,33). The van der Waals surface area contributed by atoms with E-state index in [2.05, 4.69) is 11.1 Å². The van der Waals surface area contributed by atoms with Crippen molar-refractivity contribution < 1.29 is 18.0 Å². The molecule has 0 bridgehead atoms. The summed E-state index contributed by atoms with van der Waals surface area (Å²) in [5.74, 6) is -0.625. The number of nitrogens with two attached hydrogens (primary N) is 2. The number of piperidine rings is 1. The summed E-state index contributed by atoms with van der Waals surface area (Å²) in [7, 11) is -1.37. The molecule has 0 aliphatic carbocycles. The zero-order valence-electron chi connectivity index (χ0n) is 20.7. The lowest BCUT2D eigenvalue weighted by atomic mass is 9.88. The summed E-state index contributed by atoms with van der Waals surface area (Å²) < 4.78 is 26.1. The van der Waals surface area contributed by atoms with Gasteiger partial charge < -0.3 is 16.5 Å². The quantitative estimate of drug-likeness (QED) is 0.404. The van der Waals surface area contributed by atoms with Gasteiger partial charge in [-0.25, -0.2) is 12.7 Å². The number of carbonyl (C=O) groups excluding carboxylic acids is 2. The number of hydrogen-bond donors (Lipinski definition) is 3. The number of aromatic amines is 1. The Hall–Kier alpha value is -3.21. The summed E-state index contributed by atoms with van der Waals surface area (Å²) in [6, 6.07) is 11.8. The van der Waals surface area contributed by atoms with Crippen molar-refractivity contribution in [1.29, 1.82) is 0 Å². The molecule has 1 aromatic heterocycles. The Kier molecular flexibility index (Phi) is 7.49. The number of hydrogen-bond acceptors (Lipinski definition) is 5. The van der Waals surface area contributed by atoms with Crippen LogP contribution in [0.3, 0.4) is 0 Å². The Morgan fingerprint density at radius 3 is 2.47 bits per heavy atom. The number of nitrogens with one attached hydrogen (secondary N) is 1. The van der Waals surface area contributed by atoms with Crippen molar-refractivity contribution in [3.05, 3.63) is 59.3 Å². The molecule has 1 aliphatic heterocycles. The molecule has 1 saturated heterocycles. The maximum absolute atomic E-state index is 12.4. The number of aromatic nitrogens is 1. The van der Waals surface area contributed by atoms with Crippen molar-refractivity contribution in [3.8, 4) is 11.1 Å². The molecule has 10 heteroatoms. The topological polar surface area (TPSA) is 143 Å². The zero-order chi connectivity index (χ0) is 26.0. The third kappa shape index (κ3) is 5.45. The highest BCUT2D eigenvalue weighted by atomic mass is 32.2. The predicted octanol–water partition coefficient (Wildman–Crippen LogP) is 2.38. The molecule has 1 aliphatic rings. The van der Waals surface area contributed by atoms with Gasteiger partial charge in [0, 0.05) is 31.2 Å². The molecule has 0 unspecified atom stereocenters. The van der Waals surface area contributed by atoms with E-state index in [0.717, 1.165) is 27.6 Å². The Bertz CT molecular complexity index is 1390. The Balaban J connectivity index is 1.68. The number of likely N-dealkylation sites (N-methyl/N-ethyl adjacent to an activating group) is 1. The smallest absolute Gasteiger partial charge is 0.250 e. The van der Waals surface area contributed by atoms with Gasteiger partial charge in [-0.1, -0.05) is 18.2 Å². The minimum absolute atomic E-state index is 0.105. The van der Waals surface area contributed by atoms with Crippen molar-refractivity contribution in [1.82, 2.24) is 14.2 Å². The molecule has 0 radical (unpaired) electrons. The van der Waals surface area contributed by atoms with Crippen LogP contribution in [-0.4, -0.2) is 66.9 Å². The average Bonchev–Trinajstić information content (AvgIpc) is 3.27. The molecule has 1 fully saturated rings. The lowest BCUT2D eigenvalue weighted by Gasteiger charge is -2.31. The highest BCUT2D eigenvalue weighted by Crippen LogP contribution is 2.37. The second-order valence-corrected chi connectivity index (χ2v) is 11.7. The molecule has 9 nitrogen and oxygen atoms in total. The first-order chi connectivity index (χ1) is 17.1. The van der Waals surface area contributed by atoms with Crippen LogP contribution < -0.4 is 11.5 Å². The molecule has 2 heterocycles. The predicted molar refractivity (Wildman–Crippen MR) is 141 cm³/mol. The van der Waals surface area contributed by atoms with E-state index in [1.54, 1.807) is 17.3 Å². The summed E-state index contributed by atoms with van der Waals surface area (Å²) in [5.41, 5.74) is 16.0. The number of amides is 2. The van der Waals surface area contributed by atoms with Crippen molar-refractivity contribution in [2.24, 2.45) is 11.5 Å². The third-order valence-corrected chi connectivity index (χ3v) is 8.76. The van der Waals surface area contributed by atoms with Gasteiger partial charge >= 0.3 is 0 Å². The second-order valence-electron chi connectivity index (χ2n) is 9.47. The molecule has 36 heavy (non-hydrogen) atoms. The molecular formula is C26H33N5O4S. The summed E-state index contributed by atoms with van der Waals surface area (Å²) in [5, 5.41) is 0.925. The van der Waals surface area contributed by atoms with Gasteiger partial charge in [-0.2, -0.15) is 0 Å². The summed E-state index contributed by atoms with van der Waals surface area (Å²) in [4.78, 5) is 28.7. The molecule has 5 N–H and O–H groups in total. The van der Waals surface area contributed by atoms with Gasteiger partial charge in [0.05, 0.1) is 23.4 Å². The first kappa shape index (κ1) is 25.9. The van der Waals surface area contributed by atoms with Crippen LogP contribution in [0.15, 0.2) is 42.6 Å². The van der Waals surface area contributed by atoms with Gasteiger partial charge in [0.15, 0.2) is 0 Å². The van der Waals surface area contributed by atoms with E-state index in [0.29, 0.717) is 43.6 Å². The summed E-state index contributed by atoms with van der Waals surface area (Å²) >= 11 is 0. The van der Waals surface area contributed by atoms with E-state index in [1.165, 1.54) is 0 Å². The lowest BCUT2D eigenvalue weighted by Crippen LogP contribution is -2.38. The number of carbonyl (C=O) groups is 2. The number of fused-ring (bicyclic) bond motifs is 1. The van der Waals surface area contributed by atoms with Crippen LogP contribution in [0.2, 0.25) is 0 Å². The first-order valence-electron chi connectivity index (χ1n) is 12.1. The minimum Gasteiger partial charge on any atom is -0.369 e. The van der Waals surface area contributed by atoms with E-state index < -0.39 is 15.9 Å². The van der Waals surface area contributed by atoms with Gasteiger partial charge in [-0.15, -0.1) is 0 Å². The van der Waals surface area contributed by atoms with E-state index in [-0.39, 0.29) is 24.1 Å². The van der Waals surface area contributed by atoms with Crippen LogP contribution >= 0.6 is 0 Å². The number of H-pyrrole nitrogens is 1. The van der Waals surface area contributed by atoms with Crippen LogP contribution in [0.5, 0.6) is 0 Å². The lowest BCUT2D eigenvalue weighted by molar-refractivity contribution is -0.118. The SMILES string of the molecule is CCS(=O)(=O)N1CCC(c2c[nH]c3c(C(N)=O)cc(-c4cccc(CN(C)CC(N)=O)c4)cc23)CC1. The van der Waals surface area contributed by atoms with Gasteiger partial charge in [-0.05, 0) is 73.2 Å². The number of benzene rings is 2. The Labute approximate surface area is 211 Å². The van der Waals surface area contributed by atoms with Crippen LogP contribution in [0.25, 0.3) is 22.0 Å². The first-order valence-corrected chi connectivity index (χ1v) is 13.7. The largest absolute Gasteiger partial charge is 0.369 e. The molecule has 0 atom stereocenters. The Morgan fingerprint density at radius 2 is 1.83 bits per heavy atom. The summed E-state index contributed by atoms with van der Waals surface area (Å²) in [6.45, 7) is 3.34. The summed E-state index contributed by atoms with van der Waals surface area (Å²) in [6.07, 6.45) is 3.35. The number of nitrogens with zero attached hydrogens (tertiary/aromatic N) is 2. The van der Waals surface area contributed by atoms with E-state index in [9.17, 15) is 18.0 Å². The second kappa shape index (κ2) is 10.4. The van der Waals surface area contributed by atoms with Crippen molar-refractivity contribution in [3.63, 3.8) is 0 Å². The average molecular weight is 512 g/mol. The molecule has 192 valence electrons. The van der Waals surface area contributed by atoms with Gasteiger partial charge in [0.2, 0.25) is 15.9 Å². The molecule has 3 aromatic rings. The van der Waals surface area contributed by atoms with Gasteiger partial charge in [0.25, 0.3) is 5.91 Å². The highest BCUT2D eigenvalue weighted by Gasteiger charge is 2.29. The highest BCUT2D eigenvalue weighted by molar-refractivity contribution is 7.89. The van der Waals surface area contributed by atoms with Crippen molar-refractivity contribution >= 4 is 32.7 Å². The normalized spacial score (nSPS) is 15.5. The van der Waals surface area contributed by atoms with Crippen molar-refractivity contribution in [2.75, 3.05) is 32.4 Å². The van der Waals surface area contributed by atoms with Gasteiger partial charge in [-0.3, -0.25) is 14.5 Å². The third-order valence-electron chi connectivity index (χ3n) is 6.88. The monoisotopic (exact) mass is 511 g/mol. The fourth-order valence-electron chi connectivity index (χ4n) is 5.06. The molecular weight excluding hydrogens is 478 g/mol. The molecule has 2 amide bonds. The number of sulfonamides is 1. The van der Waals surface area contributed by atoms with Gasteiger partial charge in [0.1, 0.15) is 0 Å². The molecule has 0 spiro atoms. The fourth-order valence-corrected chi connectivity index (χ4v) is 6.19. The Morgan fingerprint density at radius 1 is 1.11 bits per heavy atom. The fraction of sp³-hybridized carbons (Fsp3) is 0.385. The molecule has 2 aromatic carbocycles. The minimum atomic E-state index is -3.20.